The van der Waals surface area contributed by atoms with Gasteiger partial charge in [0.1, 0.15) is 0 Å². The van der Waals surface area contributed by atoms with E-state index in [4.69, 9.17) is 9.47 Å². The topological polar surface area (TPSA) is 79.2 Å². The van der Waals surface area contributed by atoms with Crippen molar-refractivity contribution >= 4 is 5.78 Å². The van der Waals surface area contributed by atoms with Crippen LogP contribution in [0.5, 0.6) is 11.5 Å². The van der Waals surface area contributed by atoms with E-state index in [9.17, 15) is 15.0 Å². The van der Waals surface area contributed by atoms with Crippen molar-refractivity contribution in [2.24, 2.45) is 11.8 Å². The third-order valence-corrected chi connectivity index (χ3v) is 6.57. The highest BCUT2D eigenvalue weighted by atomic mass is 16.5. The maximum absolute atomic E-state index is 13.0. The van der Waals surface area contributed by atoms with Crippen molar-refractivity contribution in [3.05, 3.63) is 59.2 Å². The minimum atomic E-state index is -2.03. The molecule has 1 unspecified atom stereocenters. The van der Waals surface area contributed by atoms with Gasteiger partial charge in [-0.3, -0.25) is 9.69 Å². The molecule has 6 nitrogen and oxygen atoms in total. The zero-order valence-corrected chi connectivity index (χ0v) is 17.5. The molecule has 1 saturated heterocycles. The Kier molecular flexibility index (Phi) is 5.82. The van der Waals surface area contributed by atoms with E-state index >= 15 is 0 Å². The number of nitrogens with zero attached hydrogens (tertiary/aromatic N) is 1. The molecule has 160 valence electrons. The molecule has 2 aliphatic rings. The van der Waals surface area contributed by atoms with Gasteiger partial charge in [-0.25, -0.2) is 0 Å². The number of methoxy groups -OCH3 is 2. The Morgan fingerprint density at radius 3 is 2.30 bits per heavy atom. The van der Waals surface area contributed by atoms with E-state index in [1.807, 2.05) is 18.2 Å². The van der Waals surface area contributed by atoms with Crippen molar-refractivity contribution in [1.82, 2.24) is 4.90 Å². The average Bonchev–Trinajstić information content (AvgIpc) is 3.10. The fraction of sp³-hybridized carbons (Fsp3) is 0.458. The lowest BCUT2D eigenvalue weighted by molar-refractivity contribution is -0.231. The molecule has 2 aromatic carbocycles. The molecule has 1 aliphatic carbocycles. The lowest BCUT2D eigenvalue weighted by Crippen LogP contribution is -2.51. The van der Waals surface area contributed by atoms with Crippen molar-refractivity contribution in [1.29, 1.82) is 0 Å². The van der Waals surface area contributed by atoms with Gasteiger partial charge in [0.15, 0.2) is 23.1 Å². The summed E-state index contributed by atoms with van der Waals surface area (Å²) in [5.41, 5.74) is 2.52. The van der Waals surface area contributed by atoms with Gasteiger partial charge < -0.3 is 19.7 Å². The quantitative estimate of drug-likeness (QED) is 0.712. The van der Waals surface area contributed by atoms with Crippen molar-refractivity contribution in [2.45, 2.75) is 31.6 Å². The third-order valence-electron chi connectivity index (χ3n) is 6.57. The smallest absolute Gasteiger partial charge is 0.176 e. The van der Waals surface area contributed by atoms with Crippen LogP contribution < -0.4 is 9.47 Å². The number of aliphatic hydroxyl groups is 2. The molecule has 2 aromatic rings. The summed E-state index contributed by atoms with van der Waals surface area (Å²) in [7, 11) is 3.07. The van der Waals surface area contributed by atoms with Gasteiger partial charge in [0.05, 0.1) is 20.1 Å². The predicted octanol–water partition coefficient (Wildman–Crippen LogP) is 2.65. The van der Waals surface area contributed by atoms with Crippen LogP contribution in [-0.4, -0.2) is 54.0 Å². The van der Waals surface area contributed by atoms with E-state index in [1.54, 1.807) is 19.2 Å². The number of piperidine rings is 1. The lowest BCUT2D eigenvalue weighted by Gasteiger charge is -2.40. The molecule has 0 amide bonds. The minimum absolute atomic E-state index is 0.234. The Balaban J connectivity index is 1.44. The maximum Gasteiger partial charge on any atom is 0.176 e. The van der Waals surface area contributed by atoms with Crippen LogP contribution in [0.3, 0.4) is 0 Å². The summed E-state index contributed by atoms with van der Waals surface area (Å²) in [6.45, 7) is 2.40. The monoisotopic (exact) mass is 411 g/mol. The average molecular weight is 411 g/mol. The molecular weight excluding hydrogens is 382 g/mol. The lowest BCUT2D eigenvalue weighted by atomic mass is 9.79. The number of fused-ring (bicyclic) bond motifs is 1. The number of ketones is 1. The van der Waals surface area contributed by atoms with Gasteiger partial charge in [0.2, 0.25) is 0 Å². The summed E-state index contributed by atoms with van der Waals surface area (Å²) in [4.78, 5) is 15.4. The standard InChI is InChI=1S/C24H29NO5/c1-29-21-13-17-12-20(23(26)19(17)14-22(21)30-2)24(27,28)18-8-10-25(11-9-18)15-16-6-4-3-5-7-16/h3-7,13-14,18,20,27-28H,8-12,15H2,1-2H3. The molecule has 1 fully saturated rings. The zero-order valence-electron chi connectivity index (χ0n) is 17.5. The fourth-order valence-electron chi connectivity index (χ4n) is 4.80. The van der Waals surface area contributed by atoms with Gasteiger partial charge in [-0.15, -0.1) is 0 Å². The number of hydrogen-bond acceptors (Lipinski definition) is 6. The van der Waals surface area contributed by atoms with E-state index in [-0.39, 0.29) is 11.7 Å². The van der Waals surface area contributed by atoms with Crippen LogP contribution >= 0.6 is 0 Å². The highest BCUT2D eigenvalue weighted by molar-refractivity contribution is 6.03. The second-order valence-corrected chi connectivity index (χ2v) is 8.30. The normalized spacial score (nSPS) is 20.3. The van der Waals surface area contributed by atoms with Gasteiger partial charge in [-0.2, -0.15) is 0 Å². The molecule has 0 spiro atoms. The first-order chi connectivity index (χ1) is 14.4. The second kappa shape index (κ2) is 8.38. The summed E-state index contributed by atoms with van der Waals surface area (Å²) in [5, 5.41) is 22.1. The van der Waals surface area contributed by atoms with Crippen molar-refractivity contribution < 1.29 is 24.5 Å². The number of hydrogen-bond donors (Lipinski definition) is 2. The number of rotatable bonds is 6. The molecule has 6 heteroatoms. The summed E-state index contributed by atoms with van der Waals surface area (Å²) in [6, 6.07) is 13.7. The van der Waals surface area contributed by atoms with Gasteiger partial charge >= 0.3 is 0 Å². The number of Topliss-reactive ketones (excluding diaryl/α,β-unsaturated/α-hetero) is 1. The Hall–Kier alpha value is -2.41. The Morgan fingerprint density at radius 1 is 1.03 bits per heavy atom. The molecule has 0 bridgehead atoms. The third kappa shape index (κ3) is 3.83. The summed E-state index contributed by atoms with van der Waals surface area (Å²) in [5.74, 6) is -2.45. The number of benzene rings is 2. The van der Waals surface area contributed by atoms with Crippen molar-refractivity contribution in [2.75, 3.05) is 27.3 Å². The molecule has 0 aromatic heterocycles. The Labute approximate surface area is 177 Å². The molecule has 4 rings (SSSR count). The number of carbonyl (C=O) groups excluding carboxylic acids is 1. The first-order valence-corrected chi connectivity index (χ1v) is 10.4. The highest BCUT2D eigenvalue weighted by Gasteiger charge is 2.50. The van der Waals surface area contributed by atoms with Gasteiger partial charge in [-0.05, 0) is 55.6 Å². The maximum atomic E-state index is 13.0. The molecule has 0 saturated carbocycles. The van der Waals surface area contributed by atoms with E-state index in [2.05, 4.69) is 17.0 Å². The van der Waals surface area contributed by atoms with E-state index in [0.717, 1.165) is 25.2 Å². The van der Waals surface area contributed by atoms with Crippen LogP contribution in [0.4, 0.5) is 0 Å². The number of likely N-dealkylation sites (tertiary alicyclic amines) is 1. The number of carbonyl (C=O) groups is 1. The van der Waals surface area contributed by atoms with Crippen LogP contribution in [0.25, 0.3) is 0 Å². The summed E-state index contributed by atoms with van der Waals surface area (Å²) < 4.78 is 10.6. The van der Waals surface area contributed by atoms with Crippen molar-refractivity contribution in [3.8, 4) is 11.5 Å². The molecule has 30 heavy (non-hydrogen) atoms. The van der Waals surface area contributed by atoms with Gasteiger partial charge in [-0.1, -0.05) is 30.3 Å². The van der Waals surface area contributed by atoms with Gasteiger partial charge in [0, 0.05) is 18.0 Å². The molecular formula is C24H29NO5. The summed E-state index contributed by atoms with van der Waals surface area (Å²) in [6.07, 6.45) is 1.59. The van der Waals surface area contributed by atoms with E-state index in [0.29, 0.717) is 36.3 Å². The first kappa shape index (κ1) is 20.8. The van der Waals surface area contributed by atoms with E-state index < -0.39 is 11.7 Å². The van der Waals surface area contributed by atoms with Crippen LogP contribution in [0.2, 0.25) is 0 Å². The van der Waals surface area contributed by atoms with Crippen LogP contribution in [0, 0.1) is 11.8 Å². The SMILES string of the molecule is COc1cc2c(cc1OC)C(=O)C(C(O)(O)C1CCN(Cc3ccccc3)CC1)C2. The highest BCUT2D eigenvalue weighted by Crippen LogP contribution is 2.43. The van der Waals surface area contributed by atoms with Crippen LogP contribution in [0.15, 0.2) is 42.5 Å². The largest absolute Gasteiger partial charge is 0.493 e. The molecule has 0 radical (unpaired) electrons. The molecule has 1 heterocycles. The van der Waals surface area contributed by atoms with Gasteiger partial charge in [0.25, 0.3) is 0 Å². The Morgan fingerprint density at radius 2 is 1.67 bits per heavy atom. The van der Waals surface area contributed by atoms with Crippen LogP contribution in [0.1, 0.15) is 34.3 Å². The van der Waals surface area contributed by atoms with Crippen molar-refractivity contribution in [3.63, 3.8) is 0 Å². The minimum Gasteiger partial charge on any atom is -0.493 e. The van der Waals surface area contributed by atoms with Crippen LogP contribution in [-0.2, 0) is 13.0 Å². The Bertz CT molecular complexity index is 903. The second-order valence-electron chi connectivity index (χ2n) is 8.30. The molecule has 1 aliphatic heterocycles. The molecule has 2 N–H and O–H groups in total. The number of ether oxygens (including phenoxy) is 2. The first-order valence-electron chi connectivity index (χ1n) is 10.4. The summed E-state index contributed by atoms with van der Waals surface area (Å²) >= 11 is 0. The fourth-order valence-corrected chi connectivity index (χ4v) is 4.80. The molecule has 1 atom stereocenters. The predicted molar refractivity (Wildman–Crippen MR) is 113 cm³/mol. The zero-order chi connectivity index (χ0) is 21.3. The van der Waals surface area contributed by atoms with E-state index in [1.165, 1.54) is 12.7 Å².